The highest BCUT2D eigenvalue weighted by atomic mass is 19.1. The van der Waals surface area contributed by atoms with Crippen LogP contribution in [0.5, 0.6) is 5.75 Å². The molecule has 0 spiro atoms. The number of nitrogen functional groups attached to an aromatic ring is 1. The number of carbonyl (C=O) groups is 1. The smallest absolute Gasteiger partial charge is 0.242 e. The first-order chi connectivity index (χ1) is 9.35. The maximum absolute atomic E-state index is 13.4. The topological polar surface area (TPSA) is 76.4 Å². The van der Waals surface area contributed by atoms with Crippen molar-refractivity contribution in [3.05, 3.63) is 17.9 Å². The van der Waals surface area contributed by atoms with Gasteiger partial charge in [-0.25, -0.2) is 4.39 Å². The lowest BCUT2D eigenvalue weighted by Gasteiger charge is -2.18. The Kier molecular flexibility index (Phi) is 5.61. The Morgan fingerprint density at radius 3 is 2.60 bits per heavy atom. The maximum Gasteiger partial charge on any atom is 0.242 e. The maximum atomic E-state index is 13.4. The van der Waals surface area contributed by atoms with Gasteiger partial charge in [-0.05, 0) is 12.8 Å². The molecule has 0 aliphatic carbocycles. The fourth-order valence-corrected chi connectivity index (χ4v) is 1.61. The van der Waals surface area contributed by atoms with Crippen molar-refractivity contribution in [1.29, 1.82) is 0 Å². The summed E-state index contributed by atoms with van der Waals surface area (Å²) >= 11 is 0. The Morgan fingerprint density at radius 1 is 1.40 bits per heavy atom. The molecule has 112 valence electrons. The molecule has 0 fully saturated rings. The number of ether oxygens (including phenoxy) is 1. The molecule has 0 aromatic heterocycles. The molecule has 6 heteroatoms. The Morgan fingerprint density at radius 2 is 2.05 bits per heavy atom. The number of amides is 1. The number of hydrogen-bond donors (Lipinski definition) is 3. The van der Waals surface area contributed by atoms with Crippen LogP contribution in [0.15, 0.2) is 12.1 Å². The zero-order chi connectivity index (χ0) is 15.3. The molecule has 0 saturated carbocycles. The molecular formula is C14H22FN3O2. The van der Waals surface area contributed by atoms with Crippen LogP contribution in [0.25, 0.3) is 0 Å². The predicted molar refractivity (Wildman–Crippen MR) is 78.3 cm³/mol. The van der Waals surface area contributed by atoms with Crippen molar-refractivity contribution >= 4 is 17.3 Å². The Balaban J connectivity index is 2.75. The first-order valence-corrected chi connectivity index (χ1v) is 6.52. The van der Waals surface area contributed by atoms with Crippen molar-refractivity contribution in [2.24, 2.45) is 5.92 Å². The van der Waals surface area contributed by atoms with E-state index < -0.39 is 11.9 Å². The van der Waals surface area contributed by atoms with Gasteiger partial charge in [-0.3, -0.25) is 4.79 Å². The lowest BCUT2D eigenvalue weighted by Crippen LogP contribution is -2.39. The van der Waals surface area contributed by atoms with Crippen LogP contribution < -0.4 is 21.1 Å². The van der Waals surface area contributed by atoms with Gasteiger partial charge in [0.2, 0.25) is 5.91 Å². The minimum atomic E-state index is -0.535. The second-order valence-electron chi connectivity index (χ2n) is 5.08. The van der Waals surface area contributed by atoms with Crippen molar-refractivity contribution < 1.29 is 13.9 Å². The molecule has 0 saturated heterocycles. The minimum absolute atomic E-state index is 0.0801. The van der Waals surface area contributed by atoms with Gasteiger partial charge in [-0.15, -0.1) is 0 Å². The Bertz CT molecular complexity index is 478. The van der Waals surface area contributed by atoms with E-state index in [-0.39, 0.29) is 17.3 Å². The third-order valence-electron chi connectivity index (χ3n) is 2.77. The van der Waals surface area contributed by atoms with Gasteiger partial charge < -0.3 is 21.1 Å². The quantitative estimate of drug-likeness (QED) is 0.698. The van der Waals surface area contributed by atoms with Crippen LogP contribution in [0.3, 0.4) is 0 Å². The monoisotopic (exact) mass is 283 g/mol. The molecule has 1 aromatic carbocycles. The van der Waals surface area contributed by atoms with Gasteiger partial charge in [0, 0.05) is 18.7 Å². The summed E-state index contributed by atoms with van der Waals surface area (Å²) in [6, 6.07) is 2.13. The molecule has 20 heavy (non-hydrogen) atoms. The highest BCUT2D eigenvalue weighted by Gasteiger charge is 2.15. The average Bonchev–Trinajstić information content (AvgIpc) is 2.38. The number of halogens is 1. The number of carbonyl (C=O) groups excluding carboxylic acids is 1. The highest BCUT2D eigenvalue weighted by Crippen LogP contribution is 2.28. The number of benzene rings is 1. The van der Waals surface area contributed by atoms with Crippen molar-refractivity contribution in [2.75, 3.05) is 24.7 Å². The largest absolute Gasteiger partial charge is 0.494 e. The fraction of sp³-hybridized carbons (Fsp3) is 0.500. The normalized spacial score (nSPS) is 12.1. The van der Waals surface area contributed by atoms with Gasteiger partial charge in [-0.1, -0.05) is 13.8 Å². The first-order valence-electron chi connectivity index (χ1n) is 6.52. The zero-order valence-corrected chi connectivity index (χ0v) is 12.3. The van der Waals surface area contributed by atoms with Gasteiger partial charge >= 0.3 is 0 Å². The van der Waals surface area contributed by atoms with Crippen molar-refractivity contribution in [3.63, 3.8) is 0 Å². The van der Waals surface area contributed by atoms with Crippen molar-refractivity contribution in [1.82, 2.24) is 5.32 Å². The number of rotatable bonds is 6. The van der Waals surface area contributed by atoms with E-state index in [4.69, 9.17) is 10.5 Å². The molecule has 0 radical (unpaired) electrons. The summed E-state index contributed by atoms with van der Waals surface area (Å²) in [5.41, 5.74) is 6.42. The summed E-state index contributed by atoms with van der Waals surface area (Å²) < 4.78 is 18.3. The van der Waals surface area contributed by atoms with E-state index in [1.54, 1.807) is 6.92 Å². The molecule has 0 aliphatic rings. The fourth-order valence-electron chi connectivity index (χ4n) is 1.61. The van der Waals surface area contributed by atoms with Crippen LogP contribution >= 0.6 is 0 Å². The van der Waals surface area contributed by atoms with E-state index in [1.165, 1.54) is 19.2 Å². The van der Waals surface area contributed by atoms with E-state index >= 15 is 0 Å². The molecule has 1 unspecified atom stereocenters. The third-order valence-corrected chi connectivity index (χ3v) is 2.77. The predicted octanol–water partition coefficient (Wildman–Crippen LogP) is 1.99. The van der Waals surface area contributed by atoms with Crippen LogP contribution in [-0.4, -0.2) is 25.6 Å². The number of nitrogens with two attached hydrogens (primary N) is 1. The van der Waals surface area contributed by atoms with Crippen LogP contribution in [-0.2, 0) is 4.79 Å². The standard InChI is InChI=1S/C14H22FN3O2/c1-8(2)7-17-14(19)9(3)18-12-6-13(20-4)10(15)5-11(12)16/h5-6,8-9,18H,7,16H2,1-4H3,(H,17,19). The molecule has 5 nitrogen and oxygen atoms in total. The molecular weight excluding hydrogens is 261 g/mol. The molecule has 1 rings (SSSR count). The van der Waals surface area contributed by atoms with Crippen LogP contribution in [0.1, 0.15) is 20.8 Å². The van der Waals surface area contributed by atoms with Crippen LogP contribution in [0.2, 0.25) is 0 Å². The summed E-state index contributed by atoms with van der Waals surface area (Å²) in [7, 11) is 1.37. The van der Waals surface area contributed by atoms with Crippen LogP contribution in [0.4, 0.5) is 15.8 Å². The molecule has 1 aromatic rings. The van der Waals surface area contributed by atoms with Crippen LogP contribution in [0, 0.1) is 11.7 Å². The van der Waals surface area contributed by atoms with E-state index in [0.717, 1.165) is 0 Å². The summed E-state index contributed by atoms with van der Waals surface area (Å²) in [5, 5.41) is 5.77. The second-order valence-corrected chi connectivity index (χ2v) is 5.08. The van der Waals surface area contributed by atoms with E-state index in [2.05, 4.69) is 10.6 Å². The average molecular weight is 283 g/mol. The van der Waals surface area contributed by atoms with Gasteiger partial charge in [0.25, 0.3) is 0 Å². The molecule has 0 aliphatic heterocycles. The summed E-state index contributed by atoms with van der Waals surface area (Å²) in [6.07, 6.45) is 0. The van der Waals surface area contributed by atoms with E-state index in [9.17, 15) is 9.18 Å². The zero-order valence-electron chi connectivity index (χ0n) is 12.3. The van der Waals surface area contributed by atoms with Crippen molar-refractivity contribution in [2.45, 2.75) is 26.8 Å². The summed E-state index contributed by atoms with van der Waals surface area (Å²) in [5.74, 6) is -0.215. The van der Waals surface area contributed by atoms with E-state index in [1.807, 2.05) is 13.8 Å². The number of methoxy groups -OCH3 is 1. The Hall–Kier alpha value is -1.98. The summed E-state index contributed by atoms with van der Waals surface area (Å²) in [4.78, 5) is 11.9. The number of nitrogens with one attached hydrogen (secondary N) is 2. The number of anilines is 2. The second kappa shape index (κ2) is 6.98. The minimum Gasteiger partial charge on any atom is -0.494 e. The highest BCUT2D eigenvalue weighted by molar-refractivity contribution is 5.85. The first kappa shape index (κ1) is 16.1. The molecule has 1 atom stereocenters. The molecule has 1 amide bonds. The SMILES string of the molecule is COc1cc(NC(C)C(=O)NCC(C)C)c(N)cc1F. The molecule has 0 bridgehead atoms. The lowest BCUT2D eigenvalue weighted by atomic mass is 10.2. The van der Waals surface area contributed by atoms with Gasteiger partial charge in [0.15, 0.2) is 11.6 Å². The lowest BCUT2D eigenvalue weighted by molar-refractivity contribution is -0.121. The number of hydrogen-bond acceptors (Lipinski definition) is 4. The van der Waals surface area contributed by atoms with Gasteiger partial charge in [0.1, 0.15) is 6.04 Å². The third kappa shape index (κ3) is 4.29. The van der Waals surface area contributed by atoms with Gasteiger partial charge in [-0.2, -0.15) is 0 Å². The Labute approximate surface area is 118 Å². The molecule has 0 heterocycles. The van der Waals surface area contributed by atoms with Gasteiger partial charge in [0.05, 0.1) is 18.5 Å². The van der Waals surface area contributed by atoms with E-state index in [0.29, 0.717) is 18.2 Å². The summed E-state index contributed by atoms with van der Waals surface area (Å²) in [6.45, 7) is 6.35. The molecule has 4 N–H and O–H groups in total. The van der Waals surface area contributed by atoms with Crippen molar-refractivity contribution in [3.8, 4) is 5.75 Å².